The first-order chi connectivity index (χ1) is 10.0. The Balaban J connectivity index is 2.24. The zero-order valence-corrected chi connectivity index (χ0v) is 12.2. The number of nitrogens with zero attached hydrogens (tertiary/aromatic N) is 1. The Bertz CT molecular complexity index is 521. The predicted molar refractivity (Wildman–Crippen MR) is 75.9 cm³/mol. The van der Waals surface area contributed by atoms with E-state index in [1.165, 1.54) is 14.2 Å². The molecule has 0 aromatic heterocycles. The van der Waals surface area contributed by atoms with Gasteiger partial charge in [-0.2, -0.15) is 0 Å². The number of carbonyl (C=O) groups is 2. The molecule has 6 heteroatoms. The Morgan fingerprint density at radius 1 is 1.24 bits per heavy atom. The molecule has 114 valence electrons. The lowest BCUT2D eigenvalue weighted by atomic mass is 10.1. The topological polar surface area (TPSA) is 76.1 Å². The maximum Gasteiger partial charge on any atom is 0.305 e. The number of ether oxygens (including phenoxy) is 2. The minimum Gasteiger partial charge on any atom is -0.497 e. The Hall–Kier alpha value is -2.24. The summed E-state index contributed by atoms with van der Waals surface area (Å²) in [5.74, 6) is -0.00256. The van der Waals surface area contributed by atoms with Crippen LogP contribution in [0.1, 0.15) is 29.6 Å². The highest BCUT2D eigenvalue weighted by Gasteiger charge is 2.31. The summed E-state index contributed by atoms with van der Waals surface area (Å²) in [4.78, 5) is 25.1. The standard InChI is InChI=1S/C15H19NO5/c1-20-12-6-10(7-13(9-12)21-2)15(19)16-5-3-4-11(16)8-14(17)18/h6-7,9,11H,3-5,8H2,1-2H3,(H,17,18). The number of carboxylic acids is 1. The van der Waals surface area contributed by atoms with E-state index in [0.717, 1.165) is 12.8 Å². The maximum atomic E-state index is 12.6. The number of likely N-dealkylation sites (tertiary alicyclic amines) is 1. The summed E-state index contributed by atoms with van der Waals surface area (Å²) in [6.45, 7) is 0.580. The fourth-order valence-electron chi connectivity index (χ4n) is 2.61. The van der Waals surface area contributed by atoms with Gasteiger partial charge in [0.25, 0.3) is 5.91 Å². The van der Waals surface area contributed by atoms with Gasteiger partial charge in [0, 0.05) is 24.2 Å². The van der Waals surface area contributed by atoms with Crippen molar-refractivity contribution < 1.29 is 24.2 Å². The third-order valence-corrected chi connectivity index (χ3v) is 3.65. The van der Waals surface area contributed by atoms with Gasteiger partial charge in [-0.05, 0) is 25.0 Å². The Kier molecular flexibility index (Phi) is 4.67. The minimum atomic E-state index is -0.886. The van der Waals surface area contributed by atoms with Gasteiger partial charge in [0.2, 0.25) is 0 Å². The van der Waals surface area contributed by atoms with Gasteiger partial charge in [-0.15, -0.1) is 0 Å². The number of rotatable bonds is 5. The summed E-state index contributed by atoms with van der Waals surface area (Å²) in [6, 6.07) is 4.73. The van der Waals surface area contributed by atoms with E-state index < -0.39 is 5.97 Å². The van der Waals surface area contributed by atoms with Crippen molar-refractivity contribution >= 4 is 11.9 Å². The molecule has 1 atom stereocenters. The Morgan fingerprint density at radius 2 is 1.86 bits per heavy atom. The van der Waals surface area contributed by atoms with Crippen molar-refractivity contribution in [2.75, 3.05) is 20.8 Å². The fraction of sp³-hybridized carbons (Fsp3) is 0.467. The molecular formula is C15H19NO5. The van der Waals surface area contributed by atoms with Crippen molar-refractivity contribution in [2.45, 2.75) is 25.3 Å². The molecule has 0 bridgehead atoms. The van der Waals surface area contributed by atoms with E-state index in [1.54, 1.807) is 23.1 Å². The average Bonchev–Trinajstić information content (AvgIpc) is 2.93. The lowest BCUT2D eigenvalue weighted by Crippen LogP contribution is -2.36. The van der Waals surface area contributed by atoms with Crippen LogP contribution in [0.4, 0.5) is 0 Å². The number of aliphatic carboxylic acids is 1. The van der Waals surface area contributed by atoms with Gasteiger partial charge in [0.15, 0.2) is 0 Å². The SMILES string of the molecule is COc1cc(OC)cc(C(=O)N2CCCC2CC(=O)O)c1. The van der Waals surface area contributed by atoms with Crippen LogP contribution >= 0.6 is 0 Å². The number of amides is 1. The highest BCUT2D eigenvalue weighted by atomic mass is 16.5. The molecule has 0 saturated carbocycles. The lowest BCUT2D eigenvalue weighted by molar-refractivity contribution is -0.137. The van der Waals surface area contributed by atoms with Crippen LogP contribution in [0.15, 0.2) is 18.2 Å². The first kappa shape index (κ1) is 15.2. The quantitative estimate of drug-likeness (QED) is 0.895. The van der Waals surface area contributed by atoms with E-state index in [1.807, 2.05) is 0 Å². The molecule has 0 aliphatic carbocycles. The predicted octanol–water partition coefficient (Wildman–Crippen LogP) is 1.78. The van der Waals surface area contributed by atoms with Crippen molar-refractivity contribution in [1.29, 1.82) is 0 Å². The molecule has 2 rings (SSSR count). The third-order valence-electron chi connectivity index (χ3n) is 3.65. The van der Waals surface area contributed by atoms with Gasteiger partial charge < -0.3 is 19.5 Å². The molecule has 1 saturated heterocycles. The zero-order chi connectivity index (χ0) is 15.4. The summed E-state index contributed by atoms with van der Waals surface area (Å²) >= 11 is 0. The van der Waals surface area contributed by atoms with Gasteiger partial charge >= 0.3 is 5.97 Å². The van der Waals surface area contributed by atoms with Gasteiger partial charge in [0.05, 0.1) is 20.6 Å². The number of methoxy groups -OCH3 is 2. The first-order valence-electron chi connectivity index (χ1n) is 6.81. The molecule has 0 radical (unpaired) electrons. The Labute approximate surface area is 123 Å². The average molecular weight is 293 g/mol. The Morgan fingerprint density at radius 3 is 2.38 bits per heavy atom. The molecule has 1 unspecified atom stereocenters. The molecule has 1 N–H and O–H groups in total. The maximum absolute atomic E-state index is 12.6. The van der Waals surface area contributed by atoms with Crippen molar-refractivity contribution in [3.8, 4) is 11.5 Å². The molecule has 1 heterocycles. The second kappa shape index (κ2) is 6.47. The number of benzene rings is 1. The van der Waals surface area contributed by atoms with Crippen LogP contribution in [0.25, 0.3) is 0 Å². The molecule has 1 fully saturated rings. The molecule has 21 heavy (non-hydrogen) atoms. The van der Waals surface area contributed by atoms with E-state index in [9.17, 15) is 9.59 Å². The summed E-state index contributed by atoms with van der Waals surface area (Å²) in [5, 5.41) is 8.93. The van der Waals surface area contributed by atoms with E-state index in [4.69, 9.17) is 14.6 Å². The van der Waals surface area contributed by atoms with E-state index >= 15 is 0 Å². The van der Waals surface area contributed by atoms with Gasteiger partial charge in [-0.25, -0.2) is 0 Å². The van der Waals surface area contributed by atoms with Crippen LogP contribution in [0.3, 0.4) is 0 Å². The smallest absolute Gasteiger partial charge is 0.305 e. The van der Waals surface area contributed by atoms with Crippen LogP contribution in [0, 0.1) is 0 Å². The van der Waals surface area contributed by atoms with Crippen molar-refractivity contribution in [3.05, 3.63) is 23.8 Å². The number of hydrogen-bond acceptors (Lipinski definition) is 4. The number of carbonyl (C=O) groups excluding carboxylic acids is 1. The van der Waals surface area contributed by atoms with Gasteiger partial charge in [0.1, 0.15) is 11.5 Å². The second-order valence-corrected chi connectivity index (χ2v) is 4.99. The molecule has 1 aliphatic heterocycles. The molecule has 0 spiro atoms. The monoisotopic (exact) mass is 293 g/mol. The molecule has 1 amide bonds. The summed E-state index contributed by atoms with van der Waals surface area (Å²) in [6.07, 6.45) is 1.52. The third kappa shape index (κ3) is 3.45. The summed E-state index contributed by atoms with van der Waals surface area (Å²) in [7, 11) is 3.04. The highest BCUT2D eigenvalue weighted by molar-refractivity contribution is 5.95. The van der Waals surface area contributed by atoms with Crippen LogP contribution < -0.4 is 9.47 Å². The highest BCUT2D eigenvalue weighted by Crippen LogP contribution is 2.27. The number of hydrogen-bond donors (Lipinski definition) is 1. The molecular weight excluding hydrogens is 274 g/mol. The normalized spacial score (nSPS) is 17.6. The molecule has 6 nitrogen and oxygen atoms in total. The number of carboxylic acid groups (broad SMARTS) is 1. The van der Waals surface area contributed by atoms with Crippen LogP contribution in [-0.2, 0) is 4.79 Å². The van der Waals surface area contributed by atoms with Crippen LogP contribution in [0.2, 0.25) is 0 Å². The van der Waals surface area contributed by atoms with Gasteiger partial charge in [-0.3, -0.25) is 9.59 Å². The second-order valence-electron chi connectivity index (χ2n) is 4.99. The van der Waals surface area contributed by atoms with Crippen LogP contribution in [0.5, 0.6) is 11.5 Å². The van der Waals surface area contributed by atoms with E-state index in [-0.39, 0.29) is 18.4 Å². The van der Waals surface area contributed by atoms with Crippen molar-refractivity contribution in [2.24, 2.45) is 0 Å². The molecule has 1 aliphatic rings. The van der Waals surface area contributed by atoms with Crippen molar-refractivity contribution in [1.82, 2.24) is 4.90 Å². The zero-order valence-electron chi connectivity index (χ0n) is 12.2. The molecule has 1 aromatic rings. The minimum absolute atomic E-state index is 0.0210. The summed E-state index contributed by atoms with van der Waals surface area (Å²) < 4.78 is 10.3. The van der Waals surface area contributed by atoms with Gasteiger partial charge in [-0.1, -0.05) is 0 Å². The van der Waals surface area contributed by atoms with Crippen molar-refractivity contribution in [3.63, 3.8) is 0 Å². The summed E-state index contributed by atoms with van der Waals surface area (Å²) in [5.41, 5.74) is 0.448. The largest absolute Gasteiger partial charge is 0.497 e. The van der Waals surface area contributed by atoms with E-state index in [0.29, 0.717) is 23.6 Å². The van der Waals surface area contributed by atoms with E-state index in [2.05, 4.69) is 0 Å². The molecule has 1 aromatic carbocycles. The first-order valence-corrected chi connectivity index (χ1v) is 6.81. The lowest BCUT2D eigenvalue weighted by Gasteiger charge is -2.24. The van der Waals surface area contributed by atoms with Crippen LogP contribution in [-0.4, -0.2) is 48.7 Å². The fourth-order valence-corrected chi connectivity index (χ4v) is 2.61.